The van der Waals surface area contributed by atoms with Crippen molar-refractivity contribution < 1.29 is 14.3 Å². The summed E-state index contributed by atoms with van der Waals surface area (Å²) in [5, 5.41) is 2.77. The average molecular weight is 272 g/mol. The molecule has 2 aromatic rings. The van der Waals surface area contributed by atoms with Crippen molar-refractivity contribution in [3.8, 4) is 11.5 Å². The topological polar surface area (TPSA) is 73.6 Å². The molecule has 104 valence electrons. The van der Waals surface area contributed by atoms with Crippen LogP contribution in [0.1, 0.15) is 10.4 Å². The molecule has 0 saturated heterocycles. The summed E-state index contributed by atoms with van der Waals surface area (Å²) in [4.78, 5) is 12.1. The summed E-state index contributed by atoms with van der Waals surface area (Å²) in [5.74, 6) is 1.07. The smallest absolute Gasteiger partial charge is 0.257 e. The summed E-state index contributed by atoms with van der Waals surface area (Å²) < 4.78 is 10.1. The fourth-order valence-corrected chi connectivity index (χ4v) is 1.75. The van der Waals surface area contributed by atoms with E-state index in [4.69, 9.17) is 15.2 Å². The van der Waals surface area contributed by atoms with E-state index in [0.29, 0.717) is 22.7 Å². The highest BCUT2D eigenvalue weighted by Gasteiger charge is 2.10. The van der Waals surface area contributed by atoms with Crippen LogP contribution in [0.25, 0.3) is 0 Å². The minimum atomic E-state index is -0.268. The number of anilines is 2. The third-order valence-electron chi connectivity index (χ3n) is 2.85. The Hall–Kier alpha value is -2.69. The first-order chi connectivity index (χ1) is 9.63. The fourth-order valence-electron chi connectivity index (χ4n) is 1.75. The van der Waals surface area contributed by atoms with Gasteiger partial charge >= 0.3 is 0 Å². The molecule has 0 saturated carbocycles. The van der Waals surface area contributed by atoms with E-state index in [0.717, 1.165) is 5.75 Å². The molecule has 0 radical (unpaired) electrons. The van der Waals surface area contributed by atoms with Gasteiger partial charge in [-0.15, -0.1) is 0 Å². The van der Waals surface area contributed by atoms with E-state index < -0.39 is 0 Å². The van der Waals surface area contributed by atoms with Crippen molar-refractivity contribution in [3.63, 3.8) is 0 Å². The SMILES string of the molecule is COc1ccc(NC(=O)c2ccc(OC)cc2N)cc1. The summed E-state index contributed by atoms with van der Waals surface area (Å²) in [7, 11) is 3.14. The fraction of sp³-hybridized carbons (Fsp3) is 0.133. The molecular formula is C15H16N2O3. The Morgan fingerprint density at radius 3 is 2.15 bits per heavy atom. The van der Waals surface area contributed by atoms with Crippen LogP contribution >= 0.6 is 0 Å². The third kappa shape index (κ3) is 3.00. The zero-order valence-electron chi connectivity index (χ0n) is 11.3. The maximum absolute atomic E-state index is 12.1. The van der Waals surface area contributed by atoms with Gasteiger partial charge in [0, 0.05) is 17.4 Å². The number of rotatable bonds is 4. The minimum absolute atomic E-state index is 0.268. The first-order valence-corrected chi connectivity index (χ1v) is 6.03. The van der Waals surface area contributed by atoms with E-state index in [2.05, 4.69) is 5.32 Å². The summed E-state index contributed by atoms with van der Waals surface area (Å²) in [6.45, 7) is 0. The number of nitrogen functional groups attached to an aromatic ring is 1. The Kier molecular flexibility index (Phi) is 4.10. The normalized spacial score (nSPS) is 9.90. The van der Waals surface area contributed by atoms with E-state index in [1.807, 2.05) is 0 Å². The lowest BCUT2D eigenvalue weighted by Gasteiger charge is -2.09. The van der Waals surface area contributed by atoms with E-state index in [1.54, 1.807) is 56.7 Å². The van der Waals surface area contributed by atoms with Gasteiger partial charge < -0.3 is 20.5 Å². The molecule has 3 N–H and O–H groups in total. The Morgan fingerprint density at radius 2 is 1.60 bits per heavy atom. The van der Waals surface area contributed by atoms with Crippen LogP contribution in [0.2, 0.25) is 0 Å². The molecule has 20 heavy (non-hydrogen) atoms. The quantitative estimate of drug-likeness (QED) is 0.839. The summed E-state index contributed by atoms with van der Waals surface area (Å²) in [6.07, 6.45) is 0. The lowest BCUT2D eigenvalue weighted by Crippen LogP contribution is -2.14. The molecule has 2 rings (SSSR count). The highest BCUT2D eigenvalue weighted by molar-refractivity contribution is 6.07. The number of carbonyl (C=O) groups is 1. The number of nitrogens with two attached hydrogens (primary N) is 1. The zero-order valence-corrected chi connectivity index (χ0v) is 11.3. The second-order valence-corrected chi connectivity index (χ2v) is 4.14. The Bertz CT molecular complexity index is 609. The van der Waals surface area contributed by atoms with Crippen molar-refractivity contribution >= 4 is 17.3 Å². The molecule has 0 spiro atoms. The van der Waals surface area contributed by atoms with Gasteiger partial charge in [-0.2, -0.15) is 0 Å². The van der Waals surface area contributed by atoms with Crippen LogP contribution in [0.3, 0.4) is 0 Å². The molecule has 0 atom stereocenters. The first-order valence-electron chi connectivity index (χ1n) is 6.03. The molecule has 0 fully saturated rings. The van der Waals surface area contributed by atoms with Crippen LogP contribution in [-0.2, 0) is 0 Å². The molecule has 0 unspecified atom stereocenters. The van der Waals surface area contributed by atoms with Gasteiger partial charge in [-0.05, 0) is 36.4 Å². The molecule has 0 bridgehead atoms. The van der Waals surface area contributed by atoms with Crippen molar-refractivity contribution in [2.24, 2.45) is 0 Å². The van der Waals surface area contributed by atoms with Crippen molar-refractivity contribution in [3.05, 3.63) is 48.0 Å². The molecule has 0 heterocycles. The van der Waals surface area contributed by atoms with E-state index in [1.165, 1.54) is 0 Å². The number of carbonyl (C=O) groups excluding carboxylic acids is 1. The van der Waals surface area contributed by atoms with Crippen LogP contribution < -0.4 is 20.5 Å². The van der Waals surface area contributed by atoms with Crippen LogP contribution in [0, 0.1) is 0 Å². The maximum atomic E-state index is 12.1. The Balaban J connectivity index is 2.14. The molecule has 5 heteroatoms. The van der Waals surface area contributed by atoms with Crippen LogP contribution in [0.15, 0.2) is 42.5 Å². The molecule has 2 aromatic carbocycles. The van der Waals surface area contributed by atoms with Crippen LogP contribution in [0.4, 0.5) is 11.4 Å². The molecule has 1 amide bonds. The predicted molar refractivity (Wildman–Crippen MR) is 78.4 cm³/mol. The second kappa shape index (κ2) is 5.97. The van der Waals surface area contributed by atoms with E-state index in [-0.39, 0.29) is 5.91 Å². The lowest BCUT2D eigenvalue weighted by atomic mass is 10.1. The monoisotopic (exact) mass is 272 g/mol. The largest absolute Gasteiger partial charge is 0.497 e. The van der Waals surface area contributed by atoms with Crippen molar-refractivity contribution in [2.45, 2.75) is 0 Å². The number of nitrogens with one attached hydrogen (secondary N) is 1. The Labute approximate surface area is 117 Å². The van der Waals surface area contributed by atoms with Gasteiger partial charge in [-0.25, -0.2) is 0 Å². The standard InChI is InChI=1S/C15H16N2O3/c1-19-11-5-3-10(4-6-11)17-15(18)13-8-7-12(20-2)9-14(13)16/h3-9H,16H2,1-2H3,(H,17,18). The summed E-state index contributed by atoms with van der Waals surface area (Å²) in [6, 6.07) is 12.0. The number of amides is 1. The summed E-state index contributed by atoms with van der Waals surface area (Å²) in [5.41, 5.74) is 7.28. The van der Waals surface area contributed by atoms with Crippen LogP contribution in [-0.4, -0.2) is 20.1 Å². The average Bonchev–Trinajstić information content (AvgIpc) is 2.47. The highest BCUT2D eigenvalue weighted by Crippen LogP contribution is 2.21. The van der Waals surface area contributed by atoms with E-state index in [9.17, 15) is 4.79 Å². The second-order valence-electron chi connectivity index (χ2n) is 4.14. The molecule has 0 aliphatic heterocycles. The summed E-state index contributed by atoms with van der Waals surface area (Å²) >= 11 is 0. The molecular weight excluding hydrogens is 256 g/mol. The van der Waals surface area contributed by atoms with Crippen LogP contribution in [0.5, 0.6) is 11.5 Å². The van der Waals surface area contributed by atoms with Crippen molar-refractivity contribution in [1.29, 1.82) is 0 Å². The predicted octanol–water partition coefficient (Wildman–Crippen LogP) is 2.54. The van der Waals surface area contributed by atoms with Crippen molar-refractivity contribution in [1.82, 2.24) is 0 Å². The minimum Gasteiger partial charge on any atom is -0.497 e. The van der Waals surface area contributed by atoms with Gasteiger partial charge in [0.05, 0.1) is 19.8 Å². The van der Waals surface area contributed by atoms with E-state index >= 15 is 0 Å². The number of benzene rings is 2. The van der Waals surface area contributed by atoms with Gasteiger partial charge in [0.15, 0.2) is 0 Å². The molecule has 0 aliphatic carbocycles. The number of ether oxygens (including phenoxy) is 2. The highest BCUT2D eigenvalue weighted by atomic mass is 16.5. The van der Waals surface area contributed by atoms with Gasteiger partial charge in [-0.3, -0.25) is 4.79 Å². The van der Waals surface area contributed by atoms with Crippen molar-refractivity contribution in [2.75, 3.05) is 25.3 Å². The number of methoxy groups -OCH3 is 2. The first kappa shape index (κ1) is 13.7. The van der Waals surface area contributed by atoms with Gasteiger partial charge in [0.25, 0.3) is 5.91 Å². The molecule has 0 aromatic heterocycles. The maximum Gasteiger partial charge on any atom is 0.257 e. The zero-order chi connectivity index (χ0) is 14.5. The Morgan fingerprint density at radius 1 is 1.00 bits per heavy atom. The molecule has 0 aliphatic rings. The number of hydrogen-bond donors (Lipinski definition) is 2. The van der Waals surface area contributed by atoms with Gasteiger partial charge in [0.1, 0.15) is 11.5 Å². The number of hydrogen-bond acceptors (Lipinski definition) is 4. The molecule has 5 nitrogen and oxygen atoms in total. The van der Waals surface area contributed by atoms with Gasteiger partial charge in [-0.1, -0.05) is 0 Å². The van der Waals surface area contributed by atoms with Gasteiger partial charge in [0.2, 0.25) is 0 Å². The third-order valence-corrected chi connectivity index (χ3v) is 2.85. The lowest BCUT2D eigenvalue weighted by molar-refractivity contribution is 0.102.